The van der Waals surface area contributed by atoms with Gasteiger partial charge in [0.15, 0.2) is 0 Å². The lowest BCUT2D eigenvalue weighted by atomic mass is 9.97. The molecule has 0 radical (unpaired) electrons. The van der Waals surface area contributed by atoms with Gasteiger partial charge in [-0.2, -0.15) is 9.36 Å². The first-order valence-corrected chi connectivity index (χ1v) is 9.07. The van der Waals surface area contributed by atoms with Crippen molar-refractivity contribution in [2.24, 2.45) is 11.7 Å². The summed E-state index contributed by atoms with van der Waals surface area (Å²) in [7, 11) is 0. The standard InChI is InChI=1S/C13H23N5OS2/c1-3-4-20-13-16-12(21-17-13)15-11(19)8-18-6-9(2)5-10(14)7-18/h9-10H,3-8,14H2,1-2H3,(H,15,16,17,19). The highest BCUT2D eigenvalue weighted by Crippen LogP contribution is 2.20. The molecular formula is C13H23N5OS2. The van der Waals surface area contributed by atoms with Crippen molar-refractivity contribution in [2.75, 3.05) is 30.7 Å². The number of hydrogen-bond acceptors (Lipinski definition) is 7. The Hall–Kier alpha value is -0.700. The average molecular weight is 329 g/mol. The van der Waals surface area contributed by atoms with Crippen LogP contribution in [0.3, 0.4) is 0 Å². The van der Waals surface area contributed by atoms with Crippen molar-refractivity contribution in [3.8, 4) is 0 Å². The highest BCUT2D eigenvalue weighted by Gasteiger charge is 2.23. The second kappa shape index (κ2) is 8.07. The third kappa shape index (κ3) is 5.54. The van der Waals surface area contributed by atoms with Crippen LogP contribution in [0.15, 0.2) is 5.16 Å². The van der Waals surface area contributed by atoms with Gasteiger partial charge in [-0.25, -0.2) is 0 Å². The second-order valence-corrected chi connectivity index (χ2v) is 7.39. The zero-order valence-corrected chi connectivity index (χ0v) is 14.2. The Labute approximate surface area is 134 Å². The minimum Gasteiger partial charge on any atom is -0.327 e. The number of nitrogens with one attached hydrogen (secondary N) is 1. The Morgan fingerprint density at radius 3 is 3.10 bits per heavy atom. The highest BCUT2D eigenvalue weighted by molar-refractivity contribution is 7.99. The van der Waals surface area contributed by atoms with E-state index in [1.54, 1.807) is 11.8 Å². The summed E-state index contributed by atoms with van der Waals surface area (Å²) in [6, 6.07) is 0.167. The topological polar surface area (TPSA) is 84.1 Å². The largest absolute Gasteiger partial charge is 0.327 e. The van der Waals surface area contributed by atoms with Gasteiger partial charge < -0.3 is 5.73 Å². The molecule has 0 bridgehead atoms. The Morgan fingerprint density at radius 2 is 2.38 bits per heavy atom. The molecule has 1 saturated heterocycles. The van der Waals surface area contributed by atoms with Gasteiger partial charge in [-0.1, -0.05) is 25.6 Å². The Morgan fingerprint density at radius 1 is 1.57 bits per heavy atom. The first kappa shape index (κ1) is 16.7. The van der Waals surface area contributed by atoms with Crippen LogP contribution in [-0.4, -0.2) is 51.6 Å². The molecule has 1 amide bonds. The summed E-state index contributed by atoms with van der Waals surface area (Å²) in [5.74, 6) is 1.49. The van der Waals surface area contributed by atoms with Crippen molar-refractivity contribution in [3.63, 3.8) is 0 Å². The van der Waals surface area contributed by atoms with Crippen LogP contribution in [0.5, 0.6) is 0 Å². The summed E-state index contributed by atoms with van der Waals surface area (Å²) >= 11 is 2.85. The van der Waals surface area contributed by atoms with Gasteiger partial charge in [-0.3, -0.25) is 15.0 Å². The van der Waals surface area contributed by atoms with E-state index >= 15 is 0 Å². The summed E-state index contributed by atoms with van der Waals surface area (Å²) in [5.41, 5.74) is 6.00. The van der Waals surface area contributed by atoms with Crippen LogP contribution in [0, 0.1) is 5.92 Å². The van der Waals surface area contributed by atoms with Crippen molar-refractivity contribution >= 4 is 34.3 Å². The molecule has 0 aliphatic carbocycles. The number of nitrogens with two attached hydrogens (primary N) is 1. The second-order valence-electron chi connectivity index (χ2n) is 5.57. The molecule has 2 unspecified atom stereocenters. The molecule has 1 aliphatic heterocycles. The molecule has 1 aromatic rings. The molecule has 1 aliphatic rings. The fourth-order valence-electron chi connectivity index (χ4n) is 2.52. The molecule has 1 aromatic heterocycles. The van der Waals surface area contributed by atoms with E-state index in [9.17, 15) is 4.79 Å². The normalized spacial score (nSPS) is 23.2. The van der Waals surface area contributed by atoms with E-state index < -0.39 is 0 Å². The van der Waals surface area contributed by atoms with Gasteiger partial charge in [-0.15, -0.1) is 0 Å². The number of piperidine rings is 1. The van der Waals surface area contributed by atoms with Gasteiger partial charge in [-0.05, 0) is 18.8 Å². The number of nitrogens with zero attached hydrogens (tertiary/aromatic N) is 3. The molecule has 6 nitrogen and oxygen atoms in total. The number of carbonyl (C=O) groups is 1. The third-order valence-corrected chi connectivity index (χ3v) is 5.02. The monoisotopic (exact) mass is 329 g/mol. The van der Waals surface area contributed by atoms with Gasteiger partial charge in [0.05, 0.1) is 6.54 Å². The SMILES string of the molecule is CCCSc1nsc(NC(=O)CN2CC(C)CC(N)C2)n1. The van der Waals surface area contributed by atoms with Crippen LogP contribution in [-0.2, 0) is 4.79 Å². The average Bonchev–Trinajstić information content (AvgIpc) is 2.82. The summed E-state index contributed by atoms with van der Waals surface area (Å²) < 4.78 is 4.22. The summed E-state index contributed by atoms with van der Waals surface area (Å²) in [5, 5.41) is 4.14. The molecule has 21 heavy (non-hydrogen) atoms. The number of likely N-dealkylation sites (tertiary alicyclic amines) is 1. The fourth-order valence-corrected chi connectivity index (χ4v) is 3.93. The molecule has 118 valence electrons. The summed E-state index contributed by atoms with van der Waals surface area (Å²) in [6.45, 7) is 6.37. The maximum absolute atomic E-state index is 12.1. The Balaban J connectivity index is 1.79. The van der Waals surface area contributed by atoms with Crippen molar-refractivity contribution in [3.05, 3.63) is 0 Å². The van der Waals surface area contributed by atoms with Crippen molar-refractivity contribution in [2.45, 2.75) is 37.9 Å². The lowest BCUT2D eigenvalue weighted by Gasteiger charge is -2.34. The Bertz CT molecular complexity index is 457. The van der Waals surface area contributed by atoms with E-state index in [-0.39, 0.29) is 11.9 Å². The molecule has 2 heterocycles. The number of thioether (sulfide) groups is 1. The number of carbonyl (C=O) groups excluding carboxylic acids is 1. The van der Waals surface area contributed by atoms with E-state index in [1.807, 2.05) is 0 Å². The van der Waals surface area contributed by atoms with Crippen LogP contribution >= 0.6 is 23.3 Å². The maximum atomic E-state index is 12.1. The third-order valence-electron chi connectivity index (χ3n) is 3.22. The van der Waals surface area contributed by atoms with E-state index in [2.05, 4.69) is 33.4 Å². The van der Waals surface area contributed by atoms with Crippen LogP contribution in [0.1, 0.15) is 26.7 Å². The van der Waals surface area contributed by atoms with Gasteiger partial charge in [0.25, 0.3) is 0 Å². The van der Waals surface area contributed by atoms with Crippen LogP contribution in [0.2, 0.25) is 0 Å². The molecule has 1 fully saturated rings. The predicted octanol–water partition coefficient (Wildman–Crippen LogP) is 1.65. The smallest absolute Gasteiger partial charge is 0.240 e. The van der Waals surface area contributed by atoms with E-state index in [4.69, 9.17) is 5.73 Å². The quantitative estimate of drug-likeness (QED) is 0.772. The molecular weight excluding hydrogens is 306 g/mol. The molecule has 2 rings (SSSR count). The van der Waals surface area contributed by atoms with E-state index in [0.717, 1.165) is 36.8 Å². The molecule has 8 heteroatoms. The highest BCUT2D eigenvalue weighted by atomic mass is 32.2. The molecule has 0 spiro atoms. The van der Waals surface area contributed by atoms with Crippen LogP contribution in [0.4, 0.5) is 5.13 Å². The molecule has 0 aromatic carbocycles. The number of aromatic nitrogens is 2. The minimum absolute atomic E-state index is 0.0421. The van der Waals surface area contributed by atoms with Gasteiger partial charge in [0.2, 0.25) is 16.2 Å². The van der Waals surface area contributed by atoms with Crippen LogP contribution < -0.4 is 11.1 Å². The summed E-state index contributed by atoms with van der Waals surface area (Å²) in [6.07, 6.45) is 2.12. The van der Waals surface area contributed by atoms with E-state index in [0.29, 0.717) is 17.6 Å². The molecule has 3 N–H and O–H groups in total. The zero-order valence-electron chi connectivity index (χ0n) is 12.5. The van der Waals surface area contributed by atoms with Gasteiger partial charge in [0.1, 0.15) is 0 Å². The predicted molar refractivity (Wildman–Crippen MR) is 87.8 cm³/mol. The van der Waals surface area contributed by atoms with Gasteiger partial charge >= 0.3 is 0 Å². The minimum atomic E-state index is -0.0421. The number of rotatable bonds is 6. The maximum Gasteiger partial charge on any atom is 0.240 e. The van der Waals surface area contributed by atoms with Gasteiger partial charge in [0, 0.05) is 36.4 Å². The number of amides is 1. The number of anilines is 1. The molecule has 0 saturated carbocycles. The molecule has 2 atom stereocenters. The Kier molecular flexibility index (Phi) is 6.40. The zero-order chi connectivity index (χ0) is 15.2. The lowest BCUT2D eigenvalue weighted by Crippen LogP contribution is -2.48. The van der Waals surface area contributed by atoms with Crippen molar-refractivity contribution in [1.29, 1.82) is 0 Å². The lowest BCUT2D eigenvalue weighted by molar-refractivity contribution is -0.117. The first-order chi connectivity index (χ1) is 10.1. The van der Waals surface area contributed by atoms with Crippen LogP contribution in [0.25, 0.3) is 0 Å². The summed E-state index contributed by atoms with van der Waals surface area (Å²) in [4.78, 5) is 18.5. The first-order valence-electron chi connectivity index (χ1n) is 7.31. The van der Waals surface area contributed by atoms with Crippen molar-refractivity contribution in [1.82, 2.24) is 14.3 Å². The number of hydrogen-bond donors (Lipinski definition) is 2. The fraction of sp³-hybridized carbons (Fsp3) is 0.769. The van der Waals surface area contributed by atoms with E-state index in [1.165, 1.54) is 11.5 Å². The van der Waals surface area contributed by atoms with Crippen molar-refractivity contribution < 1.29 is 4.79 Å².